The van der Waals surface area contributed by atoms with Crippen molar-refractivity contribution in [2.24, 2.45) is 0 Å². The van der Waals surface area contributed by atoms with Crippen LogP contribution in [0.15, 0.2) is 12.1 Å². The molecule has 13 heavy (non-hydrogen) atoms. The Balaban J connectivity index is 3.44. The van der Waals surface area contributed by atoms with Gasteiger partial charge in [0.2, 0.25) is 0 Å². The Morgan fingerprint density at radius 1 is 1.62 bits per heavy atom. The van der Waals surface area contributed by atoms with Gasteiger partial charge in [0.25, 0.3) is 0 Å². The highest BCUT2D eigenvalue weighted by Crippen LogP contribution is 2.22. The summed E-state index contributed by atoms with van der Waals surface area (Å²) in [5.74, 6) is -0.515. The largest absolute Gasteiger partial charge is 0.495 e. The smallest absolute Gasteiger partial charge is 0.153 e. The molecule has 1 aromatic carbocycles. The minimum Gasteiger partial charge on any atom is -0.495 e. The third-order valence-electron chi connectivity index (χ3n) is 1.53. The van der Waals surface area contributed by atoms with Crippen molar-refractivity contribution in [1.29, 1.82) is 5.26 Å². The molecule has 66 valence electrons. The molecule has 4 heteroatoms. The van der Waals surface area contributed by atoms with Gasteiger partial charge in [-0.2, -0.15) is 5.26 Å². The van der Waals surface area contributed by atoms with Crippen LogP contribution in [-0.4, -0.2) is 13.4 Å². The number of nitrogens with zero attached hydrogens (tertiary/aromatic N) is 1. The van der Waals surface area contributed by atoms with Gasteiger partial charge < -0.3 is 4.74 Å². The molecule has 0 aliphatic heterocycles. The fourth-order valence-corrected chi connectivity index (χ4v) is 1.01. The van der Waals surface area contributed by atoms with Gasteiger partial charge in [-0.15, -0.1) is 0 Å². The fourth-order valence-electron chi connectivity index (χ4n) is 1.01. The van der Waals surface area contributed by atoms with Crippen LogP contribution in [0, 0.1) is 17.1 Å². The van der Waals surface area contributed by atoms with Crippen LogP contribution in [0.2, 0.25) is 0 Å². The molecule has 1 rings (SSSR count). The number of benzene rings is 1. The Kier molecular flexibility index (Phi) is 2.60. The second kappa shape index (κ2) is 3.68. The molecule has 0 aromatic heterocycles. The number of halogens is 1. The van der Waals surface area contributed by atoms with Crippen LogP contribution in [0.5, 0.6) is 5.75 Å². The molecule has 0 unspecified atom stereocenters. The highest BCUT2D eigenvalue weighted by atomic mass is 19.1. The first-order valence-electron chi connectivity index (χ1n) is 3.45. The first kappa shape index (κ1) is 9.20. The van der Waals surface area contributed by atoms with Crippen molar-refractivity contribution < 1.29 is 13.9 Å². The first-order valence-corrected chi connectivity index (χ1v) is 3.45. The number of ether oxygens (including phenoxy) is 1. The van der Waals surface area contributed by atoms with E-state index in [1.807, 2.05) is 0 Å². The van der Waals surface area contributed by atoms with E-state index in [1.54, 1.807) is 6.07 Å². The molecule has 0 heterocycles. The Labute approximate surface area is 74.4 Å². The molecular formula is C9H6FNO2. The molecule has 0 saturated heterocycles. The number of hydrogen-bond acceptors (Lipinski definition) is 3. The summed E-state index contributed by atoms with van der Waals surface area (Å²) >= 11 is 0. The van der Waals surface area contributed by atoms with Crippen LogP contribution in [0.3, 0.4) is 0 Å². The molecule has 0 fully saturated rings. The van der Waals surface area contributed by atoms with Crippen molar-refractivity contribution in [3.8, 4) is 11.8 Å². The number of hydrogen-bond donors (Lipinski definition) is 0. The summed E-state index contributed by atoms with van der Waals surface area (Å²) in [5.41, 5.74) is 0.0589. The number of methoxy groups -OCH3 is 1. The molecule has 0 atom stereocenters. The van der Waals surface area contributed by atoms with E-state index in [4.69, 9.17) is 10.00 Å². The van der Waals surface area contributed by atoms with Crippen molar-refractivity contribution in [1.82, 2.24) is 0 Å². The fraction of sp³-hybridized carbons (Fsp3) is 0.111. The lowest BCUT2D eigenvalue weighted by Crippen LogP contribution is -1.95. The maximum Gasteiger partial charge on any atom is 0.153 e. The third kappa shape index (κ3) is 1.64. The van der Waals surface area contributed by atoms with Crippen molar-refractivity contribution in [3.05, 3.63) is 29.1 Å². The molecular weight excluding hydrogens is 173 g/mol. The van der Waals surface area contributed by atoms with Gasteiger partial charge in [-0.05, 0) is 12.1 Å². The van der Waals surface area contributed by atoms with Crippen LogP contribution in [0.25, 0.3) is 0 Å². The lowest BCUT2D eigenvalue weighted by Gasteiger charge is -2.04. The standard InChI is InChI=1S/C9H6FNO2/c1-13-9-6(4-11)2-8(10)3-7(9)5-12/h2-3,5H,1H3. The van der Waals surface area contributed by atoms with E-state index >= 15 is 0 Å². The van der Waals surface area contributed by atoms with Crippen LogP contribution >= 0.6 is 0 Å². The predicted octanol–water partition coefficient (Wildman–Crippen LogP) is 1.52. The van der Waals surface area contributed by atoms with Crippen LogP contribution in [-0.2, 0) is 0 Å². The summed E-state index contributed by atoms with van der Waals surface area (Å²) < 4.78 is 17.5. The van der Waals surface area contributed by atoms with Crippen molar-refractivity contribution >= 4 is 6.29 Å². The summed E-state index contributed by atoms with van der Waals surface area (Å²) in [4.78, 5) is 10.5. The Bertz CT molecular complexity index is 382. The van der Waals surface area contributed by atoms with E-state index in [9.17, 15) is 9.18 Å². The maximum atomic E-state index is 12.8. The van der Waals surface area contributed by atoms with E-state index in [0.29, 0.717) is 6.29 Å². The Morgan fingerprint density at radius 2 is 2.31 bits per heavy atom. The van der Waals surface area contributed by atoms with Crippen LogP contribution < -0.4 is 4.74 Å². The third-order valence-corrected chi connectivity index (χ3v) is 1.53. The molecule has 0 aliphatic rings. The molecule has 0 saturated carbocycles. The maximum absolute atomic E-state index is 12.8. The van der Waals surface area contributed by atoms with Crippen molar-refractivity contribution in [2.45, 2.75) is 0 Å². The monoisotopic (exact) mass is 179 g/mol. The van der Waals surface area contributed by atoms with E-state index in [2.05, 4.69) is 0 Å². The predicted molar refractivity (Wildman–Crippen MR) is 43.1 cm³/mol. The molecule has 0 spiro atoms. The summed E-state index contributed by atoms with van der Waals surface area (Å²) in [6, 6.07) is 3.78. The van der Waals surface area contributed by atoms with Gasteiger partial charge in [-0.25, -0.2) is 4.39 Å². The van der Waals surface area contributed by atoms with Gasteiger partial charge in [0.05, 0.1) is 18.2 Å². The lowest BCUT2D eigenvalue weighted by atomic mass is 10.1. The Hall–Kier alpha value is -1.89. The minimum absolute atomic E-state index is 0.0181. The number of carbonyl (C=O) groups excluding carboxylic acids is 1. The lowest BCUT2D eigenvalue weighted by molar-refractivity contribution is 0.112. The van der Waals surface area contributed by atoms with E-state index in [1.165, 1.54) is 7.11 Å². The number of nitriles is 1. The summed E-state index contributed by atoms with van der Waals surface area (Å²) in [6.45, 7) is 0. The van der Waals surface area contributed by atoms with Gasteiger partial charge in [0.1, 0.15) is 17.6 Å². The van der Waals surface area contributed by atoms with Crippen molar-refractivity contribution in [3.63, 3.8) is 0 Å². The normalized spacial score (nSPS) is 9.00. The average Bonchev–Trinajstić information content (AvgIpc) is 2.16. The van der Waals surface area contributed by atoms with E-state index < -0.39 is 5.82 Å². The summed E-state index contributed by atoms with van der Waals surface area (Å²) in [7, 11) is 1.32. The topological polar surface area (TPSA) is 50.1 Å². The summed E-state index contributed by atoms with van der Waals surface area (Å²) in [6.07, 6.45) is 0.447. The molecule has 0 radical (unpaired) electrons. The van der Waals surface area contributed by atoms with Gasteiger partial charge in [-0.1, -0.05) is 0 Å². The van der Waals surface area contributed by atoms with Gasteiger partial charge >= 0.3 is 0 Å². The zero-order chi connectivity index (χ0) is 9.84. The molecule has 0 bridgehead atoms. The molecule has 0 aliphatic carbocycles. The first-order chi connectivity index (χ1) is 6.22. The quantitative estimate of drug-likeness (QED) is 0.646. The number of aldehydes is 1. The SMILES string of the molecule is COc1c(C#N)cc(F)cc1C=O. The van der Waals surface area contributed by atoms with Gasteiger partial charge in [0.15, 0.2) is 6.29 Å². The Morgan fingerprint density at radius 3 is 2.77 bits per heavy atom. The van der Waals surface area contributed by atoms with E-state index in [0.717, 1.165) is 12.1 Å². The van der Waals surface area contributed by atoms with Crippen LogP contribution in [0.4, 0.5) is 4.39 Å². The van der Waals surface area contributed by atoms with E-state index in [-0.39, 0.29) is 16.9 Å². The molecule has 0 N–H and O–H groups in total. The zero-order valence-electron chi connectivity index (χ0n) is 6.87. The second-order valence-electron chi connectivity index (χ2n) is 2.31. The van der Waals surface area contributed by atoms with Crippen LogP contribution in [0.1, 0.15) is 15.9 Å². The minimum atomic E-state index is -0.626. The highest BCUT2D eigenvalue weighted by molar-refractivity contribution is 5.81. The summed E-state index contributed by atoms with van der Waals surface area (Å²) in [5, 5.41) is 8.58. The second-order valence-corrected chi connectivity index (χ2v) is 2.31. The van der Waals surface area contributed by atoms with Gasteiger partial charge in [0, 0.05) is 0 Å². The number of rotatable bonds is 2. The highest BCUT2D eigenvalue weighted by Gasteiger charge is 2.10. The molecule has 1 aromatic rings. The molecule has 0 amide bonds. The zero-order valence-corrected chi connectivity index (χ0v) is 6.87. The average molecular weight is 179 g/mol. The molecule has 3 nitrogen and oxygen atoms in total. The van der Waals surface area contributed by atoms with Crippen molar-refractivity contribution in [2.75, 3.05) is 7.11 Å². The van der Waals surface area contributed by atoms with Gasteiger partial charge in [-0.3, -0.25) is 4.79 Å². The number of carbonyl (C=O) groups is 1.